The normalized spacial score (nSPS) is 19.5. The molecule has 1 N–H and O–H groups in total. The average molecular weight is 308 g/mol. The highest BCUT2D eigenvalue weighted by molar-refractivity contribution is 6.37. The molecule has 0 saturated carbocycles. The number of fused-ring (bicyclic) bond motifs is 1. The van der Waals surface area contributed by atoms with Gasteiger partial charge in [-0.2, -0.15) is 0 Å². The molecule has 2 aromatic carbocycles. The Balaban J connectivity index is 2.10. The standard InChI is InChI=1S/C15H11Cl2NO2/c16-10-6-7-11(17)15-14(10)12(18-19)8-13(20-15)9-4-2-1-3-5-9/h1-7,13,19H,8H2. The van der Waals surface area contributed by atoms with Gasteiger partial charge in [0.1, 0.15) is 11.9 Å². The lowest BCUT2D eigenvalue weighted by molar-refractivity contribution is 0.203. The lowest BCUT2D eigenvalue weighted by atomic mass is 9.95. The number of rotatable bonds is 1. The van der Waals surface area contributed by atoms with Crippen molar-refractivity contribution in [2.24, 2.45) is 5.16 Å². The second-order valence-corrected chi connectivity index (χ2v) is 5.32. The number of halogens is 2. The Morgan fingerprint density at radius 3 is 2.45 bits per heavy atom. The van der Waals surface area contributed by atoms with E-state index >= 15 is 0 Å². The largest absolute Gasteiger partial charge is 0.483 e. The molecule has 0 fully saturated rings. The van der Waals surface area contributed by atoms with E-state index in [9.17, 15) is 5.21 Å². The van der Waals surface area contributed by atoms with Gasteiger partial charge in [0.25, 0.3) is 0 Å². The molecule has 0 bridgehead atoms. The SMILES string of the molecule is ON=C1CC(c2ccccc2)Oc2c(Cl)ccc(Cl)c21. The Bertz CT molecular complexity index is 671. The molecule has 1 atom stereocenters. The van der Waals surface area contributed by atoms with E-state index in [0.717, 1.165) is 5.56 Å². The van der Waals surface area contributed by atoms with E-state index in [-0.39, 0.29) is 6.10 Å². The molecule has 1 heterocycles. The highest BCUT2D eigenvalue weighted by Crippen LogP contribution is 2.42. The van der Waals surface area contributed by atoms with Crippen LogP contribution in [-0.2, 0) is 0 Å². The molecule has 1 aliphatic heterocycles. The number of hydrogen-bond donors (Lipinski definition) is 1. The molecule has 2 aromatic rings. The fourth-order valence-electron chi connectivity index (χ4n) is 2.32. The van der Waals surface area contributed by atoms with Gasteiger partial charge in [0.05, 0.1) is 21.3 Å². The van der Waals surface area contributed by atoms with Crippen molar-refractivity contribution in [3.8, 4) is 5.75 Å². The smallest absolute Gasteiger partial charge is 0.149 e. The van der Waals surface area contributed by atoms with Crippen LogP contribution >= 0.6 is 23.2 Å². The summed E-state index contributed by atoms with van der Waals surface area (Å²) in [5.74, 6) is 0.465. The zero-order chi connectivity index (χ0) is 14.1. The van der Waals surface area contributed by atoms with Crippen LogP contribution in [0.25, 0.3) is 0 Å². The first kappa shape index (κ1) is 13.3. The predicted molar refractivity (Wildman–Crippen MR) is 79.2 cm³/mol. The highest BCUT2D eigenvalue weighted by Gasteiger charge is 2.30. The van der Waals surface area contributed by atoms with E-state index < -0.39 is 0 Å². The summed E-state index contributed by atoms with van der Waals surface area (Å²) in [6, 6.07) is 13.1. The Morgan fingerprint density at radius 2 is 1.75 bits per heavy atom. The first-order valence-electron chi connectivity index (χ1n) is 6.11. The maximum Gasteiger partial charge on any atom is 0.149 e. The van der Waals surface area contributed by atoms with Crippen LogP contribution in [0.5, 0.6) is 5.75 Å². The third-order valence-corrected chi connectivity index (χ3v) is 3.89. The third kappa shape index (κ3) is 2.23. The van der Waals surface area contributed by atoms with Crippen LogP contribution in [0.1, 0.15) is 23.7 Å². The number of hydrogen-bond acceptors (Lipinski definition) is 3. The number of benzene rings is 2. The van der Waals surface area contributed by atoms with Gasteiger partial charge in [-0.25, -0.2) is 0 Å². The lowest BCUT2D eigenvalue weighted by Gasteiger charge is -2.28. The molecule has 1 unspecified atom stereocenters. The zero-order valence-corrected chi connectivity index (χ0v) is 11.9. The van der Waals surface area contributed by atoms with Crippen LogP contribution in [0.2, 0.25) is 10.0 Å². The fraction of sp³-hybridized carbons (Fsp3) is 0.133. The van der Waals surface area contributed by atoms with Crippen LogP contribution in [0.3, 0.4) is 0 Å². The van der Waals surface area contributed by atoms with Gasteiger partial charge >= 0.3 is 0 Å². The van der Waals surface area contributed by atoms with E-state index in [1.54, 1.807) is 12.1 Å². The predicted octanol–water partition coefficient (Wildman–Crippen LogP) is 4.70. The summed E-state index contributed by atoms with van der Waals surface area (Å²) in [5.41, 5.74) is 2.04. The highest BCUT2D eigenvalue weighted by atomic mass is 35.5. The minimum absolute atomic E-state index is 0.245. The van der Waals surface area contributed by atoms with E-state index in [2.05, 4.69) is 5.16 Å². The van der Waals surface area contributed by atoms with Gasteiger partial charge in [0, 0.05) is 6.42 Å². The van der Waals surface area contributed by atoms with Crippen LogP contribution in [0.4, 0.5) is 0 Å². The topological polar surface area (TPSA) is 41.8 Å². The Kier molecular flexibility index (Phi) is 3.55. The summed E-state index contributed by atoms with van der Waals surface area (Å²) in [6.07, 6.45) is 0.193. The molecule has 1 aliphatic rings. The van der Waals surface area contributed by atoms with Crippen molar-refractivity contribution >= 4 is 28.9 Å². The first-order chi connectivity index (χ1) is 9.70. The van der Waals surface area contributed by atoms with E-state index in [1.165, 1.54) is 0 Å². The lowest BCUT2D eigenvalue weighted by Crippen LogP contribution is -2.21. The molecule has 5 heteroatoms. The molecular weight excluding hydrogens is 297 g/mol. The monoisotopic (exact) mass is 307 g/mol. The summed E-state index contributed by atoms with van der Waals surface area (Å²) in [5, 5.41) is 13.5. The quantitative estimate of drug-likeness (QED) is 0.613. The summed E-state index contributed by atoms with van der Waals surface area (Å²) >= 11 is 12.3. The van der Waals surface area contributed by atoms with Crippen molar-refractivity contribution in [3.05, 3.63) is 63.6 Å². The summed E-state index contributed by atoms with van der Waals surface area (Å²) < 4.78 is 5.95. The molecule has 3 rings (SSSR count). The van der Waals surface area contributed by atoms with E-state index in [0.29, 0.717) is 33.5 Å². The van der Waals surface area contributed by atoms with Gasteiger partial charge in [-0.05, 0) is 17.7 Å². The van der Waals surface area contributed by atoms with Crippen molar-refractivity contribution < 1.29 is 9.94 Å². The molecule has 0 aliphatic carbocycles. The molecular formula is C15H11Cl2NO2. The maximum atomic E-state index is 9.25. The van der Waals surface area contributed by atoms with Crippen molar-refractivity contribution in [1.29, 1.82) is 0 Å². The van der Waals surface area contributed by atoms with Gasteiger partial charge < -0.3 is 9.94 Å². The fourth-order valence-corrected chi connectivity index (χ4v) is 2.78. The Labute approximate surface area is 126 Å². The van der Waals surface area contributed by atoms with Gasteiger partial charge in [0.2, 0.25) is 0 Å². The van der Waals surface area contributed by atoms with Gasteiger partial charge in [-0.15, -0.1) is 0 Å². The maximum absolute atomic E-state index is 9.25. The van der Waals surface area contributed by atoms with Crippen molar-refractivity contribution in [1.82, 2.24) is 0 Å². The average Bonchev–Trinajstić information content (AvgIpc) is 2.51. The minimum atomic E-state index is -0.245. The molecule has 0 saturated heterocycles. The first-order valence-corrected chi connectivity index (χ1v) is 6.87. The zero-order valence-electron chi connectivity index (χ0n) is 10.4. The molecule has 3 nitrogen and oxygen atoms in total. The van der Waals surface area contributed by atoms with Gasteiger partial charge in [-0.3, -0.25) is 0 Å². The van der Waals surface area contributed by atoms with E-state index in [4.69, 9.17) is 27.9 Å². The molecule has 20 heavy (non-hydrogen) atoms. The summed E-state index contributed by atoms with van der Waals surface area (Å²) in [6.45, 7) is 0. The van der Waals surface area contributed by atoms with Crippen LogP contribution in [0.15, 0.2) is 47.6 Å². The Morgan fingerprint density at radius 1 is 1.05 bits per heavy atom. The van der Waals surface area contributed by atoms with Crippen LogP contribution in [0, 0.1) is 0 Å². The molecule has 0 aromatic heterocycles. The van der Waals surface area contributed by atoms with Crippen molar-refractivity contribution in [2.45, 2.75) is 12.5 Å². The summed E-state index contributed by atoms with van der Waals surface area (Å²) in [7, 11) is 0. The van der Waals surface area contributed by atoms with Crippen molar-refractivity contribution in [3.63, 3.8) is 0 Å². The van der Waals surface area contributed by atoms with E-state index in [1.807, 2.05) is 30.3 Å². The third-order valence-electron chi connectivity index (χ3n) is 3.28. The molecule has 0 radical (unpaired) electrons. The number of nitrogens with zero attached hydrogens (tertiary/aromatic N) is 1. The number of oxime groups is 1. The Hall–Kier alpha value is -1.71. The second-order valence-electron chi connectivity index (χ2n) is 4.50. The number of ether oxygens (including phenoxy) is 1. The van der Waals surface area contributed by atoms with Gasteiger partial charge in [-0.1, -0.05) is 58.7 Å². The molecule has 0 amide bonds. The van der Waals surface area contributed by atoms with Crippen molar-refractivity contribution in [2.75, 3.05) is 0 Å². The molecule has 0 spiro atoms. The van der Waals surface area contributed by atoms with Crippen LogP contribution < -0.4 is 4.74 Å². The van der Waals surface area contributed by atoms with Crippen LogP contribution in [-0.4, -0.2) is 10.9 Å². The second kappa shape index (κ2) is 5.35. The summed E-state index contributed by atoms with van der Waals surface area (Å²) in [4.78, 5) is 0. The van der Waals surface area contributed by atoms with Gasteiger partial charge in [0.15, 0.2) is 0 Å². The minimum Gasteiger partial charge on any atom is -0.483 e. The molecule has 102 valence electrons.